The Kier molecular flexibility index (Phi) is 47.6. The minimum absolute atomic E-state index is 0. The molecule has 0 radical (unpaired) electrons. The van der Waals surface area contributed by atoms with E-state index in [4.69, 9.17) is 0 Å². The van der Waals surface area contributed by atoms with Gasteiger partial charge >= 0.3 is 84.2 Å². The molecule has 0 atom stereocenters. The van der Waals surface area contributed by atoms with Crippen LogP contribution in [0.25, 0.3) is 0 Å². The van der Waals surface area contributed by atoms with Crippen molar-refractivity contribution in [3.8, 4) is 0 Å². The maximum Gasteiger partial charge on any atom is 1.00 e. The summed E-state index contributed by atoms with van der Waals surface area (Å²) in [6.45, 7) is 3.06. The maximum atomic E-state index is 9.87. The first-order valence-corrected chi connectivity index (χ1v) is 54.8. The quantitative estimate of drug-likeness (QED) is 0.0759. The Bertz CT molecular complexity index is 1520. The van der Waals surface area contributed by atoms with E-state index in [0.717, 1.165) is 0 Å². The molecule has 0 spiro atoms. The van der Waals surface area contributed by atoms with Gasteiger partial charge in [-0.25, -0.2) is 0 Å². The molecule has 12 saturated carbocycles. The molecular weight excluding hydrogens is 1510 g/mol. The summed E-state index contributed by atoms with van der Waals surface area (Å²) < 4.78 is 59.2. The van der Waals surface area contributed by atoms with Crippen LogP contribution in [-0.2, 0) is 69.5 Å². The number of halogens is 6. The van der Waals surface area contributed by atoms with E-state index >= 15 is 0 Å². The number of rotatable bonds is 18. The topological polar surface area (TPSA) is 17.1 Å². The summed E-state index contributed by atoms with van der Waals surface area (Å²) >= 11 is 0. The Balaban J connectivity index is 0.000000278. The van der Waals surface area contributed by atoms with Crippen LogP contribution in [0.4, 0.5) is 25.2 Å². The fourth-order valence-corrected chi connectivity index (χ4v) is 59.4. The second kappa shape index (κ2) is 49.3. The molecular formula is C78H150Cu3F6OP7S+6. The molecule has 18 heteroatoms. The third-order valence-electron chi connectivity index (χ3n) is 26.8. The van der Waals surface area contributed by atoms with Crippen molar-refractivity contribution in [3.05, 3.63) is 0 Å². The van der Waals surface area contributed by atoms with Crippen LogP contribution < -0.4 is 0 Å². The van der Waals surface area contributed by atoms with Gasteiger partial charge in [-0.15, -0.1) is 0 Å². The van der Waals surface area contributed by atoms with Gasteiger partial charge in [-0.1, -0.05) is 77.0 Å². The third-order valence-corrected chi connectivity index (χ3v) is 56.1. The zero-order valence-corrected chi connectivity index (χ0v) is 71.9. The number of carbonyl (C=O) groups excluding carboxylic acids is 1. The second-order valence-corrected chi connectivity index (χ2v) is 56.7. The van der Waals surface area contributed by atoms with Gasteiger partial charge in [-0.2, -0.15) is 0 Å². The first-order valence-electron chi connectivity index (χ1n) is 41.6. The van der Waals surface area contributed by atoms with Crippen LogP contribution in [-0.4, -0.2) is 91.4 Å². The van der Waals surface area contributed by atoms with E-state index in [-0.39, 0.29) is 118 Å². The van der Waals surface area contributed by atoms with E-state index < -0.39 is 7.81 Å². The summed E-state index contributed by atoms with van der Waals surface area (Å²) in [4.78, 5) is 9.44. The normalized spacial score (nSPS) is 25.8. The Morgan fingerprint density at radius 1 is 0.219 bits per heavy atom. The van der Waals surface area contributed by atoms with Crippen molar-refractivity contribution in [2.45, 2.75) is 467 Å². The smallest absolute Gasteiger partial charge is 1.00 e. The molecule has 0 bridgehead atoms. The van der Waals surface area contributed by atoms with Crippen molar-refractivity contribution in [1.82, 2.24) is 0 Å². The van der Waals surface area contributed by atoms with E-state index in [0.29, 0.717) is 0 Å². The molecule has 0 unspecified atom stereocenters. The van der Waals surface area contributed by atoms with E-state index in [2.05, 4.69) is 0 Å². The van der Waals surface area contributed by atoms with Crippen LogP contribution in [0.15, 0.2) is 0 Å². The van der Waals surface area contributed by atoms with Crippen LogP contribution in [0.3, 0.4) is 0 Å². The summed E-state index contributed by atoms with van der Waals surface area (Å²) in [5.41, 5.74) is 14.8. The van der Waals surface area contributed by atoms with Gasteiger partial charge in [0, 0.05) is 47.5 Å². The molecule has 0 aromatic rings. The molecule has 0 aromatic carbocycles. The molecule has 0 saturated heterocycles. The molecule has 0 aromatic heterocycles. The largest absolute Gasteiger partial charge is 2.00 e. The molecule has 0 amide bonds. The summed E-state index contributed by atoms with van der Waals surface area (Å²) in [5.74, 6) is 5.75. The van der Waals surface area contributed by atoms with Crippen molar-refractivity contribution in [2.24, 2.45) is 0 Å². The van der Waals surface area contributed by atoms with E-state index in [1.54, 1.807) is 385 Å². The molecule has 12 aliphatic rings. The Labute approximate surface area is 635 Å². The predicted molar refractivity (Wildman–Crippen MR) is 424 cm³/mol. The SMILES string of the molecule is C1CCC([PH+](C[PH+](C2CCCCC2)C2CCCCC2)C2CCCCC2)CC1.C1CCC([PH+](C[PH+](C2CCCCC2)C2CCCCC2)C2CCCCC2)CC1.C1CCC([PH+](C[PH+](C2CCCCC2)C2CCCCC2)C2CCCCC2)CC1.CC(C)=O.F[P-](F)(F)(F)(F)F.[Cu+].[Cu+].[Cu+].[S-2]. The van der Waals surface area contributed by atoms with Gasteiger partial charge in [0.2, 0.25) is 0 Å². The number of hydrogen-bond acceptors (Lipinski definition) is 1. The molecule has 96 heavy (non-hydrogen) atoms. The van der Waals surface area contributed by atoms with Gasteiger partial charge < -0.3 is 18.3 Å². The van der Waals surface area contributed by atoms with Gasteiger partial charge in [0.1, 0.15) is 5.78 Å². The van der Waals surface area contributed by atoms with Crippen LogP contribution in [0.2, 0.25) is 0 Å². The average molecular weight is 1660 g/mol. The Hall–Kier alpha value is 4.17. The molecule has 12 rings (SSSR count). The Morgan fingerprint density at radius 3 is 0.344 bits per heavy atom. The number of Topliss-reactive ketones (excluding diaryl/α,β-unsaturated/α-hetero) is 1. The summed E-state index contributed by atoms with van der Waals surface area (Å²) in [6.07, 6.45) is 96.2. The van der Waals surface area contributed by atoms with Gasteiger partial charge in [-0.05, 0) is 322 Å². The molecule has 578 valence electrons. The maximum absolute atomic E-state index is 10.7. The number of ketones is 1. The first kappa shape index (κ1) is 92.6. The summed E-state index contributed by atoms with van der Waals surface area (Å²) in [6, 6.07) is 0. The number of hydrogen-bond donors (Lipinski definition) is 0. The molecule has 12 fully saturated rings. The van der Waals surface area contributed by atoms with Crippen molar-refractivity contribution in [3.63, 3.8) is 0 Å². The standard InChI is InChI=1S/3C25H46P2.C3H6O.3Cu.F6P.S/c3*1-5-13-22(14-6-1)26(23-15-7-2-8-16-23)21-27(24-17-9-3-10-18-24)25-19-11-4-12-20-25;1-3(2)4;;;;1-7(2,3,4,5)6;/h3*22-25H,1-21H2;1-2H3;;;;;/q;;;;3*+1;-1;-2/p+6. The van der Waals surface area contributed by atoms with Gasteiger partial charge in [0.25, 0.3) is 0 Å². The molecule has 0 N–H and O–H groups in total. The molecule has 1 nitrogen and oxygen atoms in total. The van der Waals surface area contributed by atoms with Crippen molar-refractivity contribution in [2.75, 3.05) is 17.7 Å². The predicted octanol–water partition coefficient (Wildman–Crippen LogP) is 30.1. The Morgan fingerprint density at radius 2 is 0.281 bits per heavy atom. The van der Waals surface area contributed by atoms with Crippen LogP contribution >= 0.6 is 55.3 Å². The van der Waals surface area contributed by atoms with E-state index in [1.165, 1.54) is 81.8 Å². The minimum Gasteiger partial charge on any atom is -2.00 e. The number of carbonyl (C=O) groups is 1. The third kappa shape index (κ3) is 36.1. The minimum atomic E-state index is -10.7. The van der Waals surface area contributed by atoms with Crippen LogP contribution in [0, 0.1) is 0 Å². The molecule has 0 heterocycles. The monoisotopic (exact) mass is 1650 g/mol. The van der Waals surface area contributed by atoms with E-state index in [1.807, 2.05) is 17.7 Å². The van der Waals surface area contributed by atoms with E-state index in [9.17, 15) is 30.0 Å². The van der Waals surface area contributed by atoms with Gasteiger partial charge in [-0.3, -0.25) is 0 Å². The molecule has 12 aliphatic carbocycles. The molecule has 0 aliphatic heterocycles. The van der Waals surface area contributed by atoms with Crippen molar-refractivity contribution in [1.29, 1.82) is 0 Å². The fourth-order valence-electron chi connectivity index (χ4n) is 22.1. The first-order chi connectivity index (χ1) is 44.4. The summed E-state index contributed by atoms with van der Waals surface area (Å²) in [7, 11) is -11.2. The van der Waals surface area contributed by atoms with Gasteiger partial charge in [0.05, 0.1) is 67.9 Å². The van der Waals surface area contributed by atoms with Crippen LogP contribution in [0.5, 0.6) is 0 Å². The zero-order chi connectivity index (χ0) is 64.9. The summed E-state index contributed by atoms with van der Waals surface area (Å²) in [5, 5.41) is 0. The van der Waals surface area contributed by atoms with Crippen LogP contribution in [0.1, 0.15) is 399 Å². The fraction of sp³-hybridized carbons (Fsp3) is 0.987. The average Bonchev–Trinajstić information content (AvgIpc) is 0.806. The van der Waals surface area contributed by atoms with Crippen molar-refractivity contribution >= 4 is 74.6 Å². The van der Waals surface area contributed by atoms with Gasteiger partial charge in [0.15, 0.2) is 17.7 Å². The van der Waals surface area contributed by atoms with Crippen molar-refractivity contribution < 1.29 is 81.2 Å². The zero-order valence-electron chi connectivity index (χ0n) is 61.4. The second-order valence-electron chi connectivity index (χ2n) is 33.9.